The predicted octanol–water partition coefficient (Wildman–Crippen LogP) is 0.550. The van der Waals surface area contributed by atoms with Gasteiger partial charge in [0.05, 0.1) is 6.04 Å². The molecule has 2 fully saturated rings. The molecule has 0 spiro atoms. The lowest BCUT2D eigenvalue weighted by molar-refractivity contribution is 0.0616. The third-order valence-electron chi connectivity index (χ3n) is 3.98. The van der Waals surface area contributed by atoms with Gasteiger partial charge in [0, 0.05) is 31.7 Å². The number of hydrogen-bond donors (Lipinski definition) is 2. The number of amides is 3. The quantitative estimate of drug-likeness (QED) is 0.786. The van der Waals surface area contributed by atoms with Crippen LogP contribution in [0.1, 0.15) is 15.9 Å². The normalized spacial score (nSPS) is 21.6. The maximum atomic E-state index is 12.4. The molecule has 106 valence electrons. The molecule has 1 atom stereocenters. The van der Waals surface area contributed by atoms with Crippen LogP contribution in [0.5, 0.6) is 5.75 Å². The molecule has 0 radical (unpaired) electrons. The molecule has 0 aliphatic carbocycles. The zero-order valence-electron chi connectivity index (χ0n) is 11.3. The van der Waals surface area contributed by atoms with Gasteiger partial charge in [0.25, 0.3) is 5.91 Å². The Kier molecular flexibility index (Phi) is 3.00. The number of aryl methyl sites for hydroxylation is 1. The van der Waals surface area contributed by atoms with Crippen molar-refractivity contribution in [3.05, 3.63) is 29.3 Å². The maximum Gasteiger partial charge on any atom is 0.317 e. The highest BCUT2D eigenvalue weighted by molar-refractivity contribution is 5.95. The van der Waals surface area contributed by atoms with Crippen molar-refractivity contribution in [2.45, 2.75) is 13.0 Å². The van der Waals surface area contributed by atoms with E-state index in [9.17, 15) is 14.7 Å². The van der Waals surface area contributed by atoms with Crippen molar-refractivity contribution in [2.75, 3.05) is 26.2 Å². The Morgan fingerprint density at radius 1 is 1.40 bits per heavy atom. The molecule has 2 aliphatic rings. The van der Waals surface area contributed by atoms with Crippen LogP contribution in [-0.4, -0.2) is 59.1 Å². The number of phenolic OH excluding ortho intramolecular Hbond substituents is 1. The number of nitrogens with one attached hydrogen (secondary N) is 1. The van der Waals surface area contributed by atoms with E-state index in [2.05, 4.69) is 5.32 Å². The summed E-state index contributed by atoms with van der Waals surface area (Å²) in [6, 6.07) is 4.97. The van der Waals surface area contributed by atoms with Crippen molar-refractivity contribution in [1.82, 2.24) is 15.1 Å². The fraction of sp³-hybridized carbons (Fsp3) is 0.429. The molecule has 6 nitrogen and oxygen atoms in total. The number of carbonyl (C=O) groups excluding carboxylic acids is 2. The first-order valence-corrected chi connectivity index (χ1v) is 6.69. The van der Waals surface area contributed by atoms with Gasteiger partial charge in [0.2, 0.25) is 0 Å². The fourth-order valence-electron chi connectivity index (χ4n) is 2.71. The number of fused-ring (bicyclic) bond motifs is 1. The second-order valence-electron chi connectivity index (χ2n) is 5.29. The SMILES string of the molecule is Cc1ccc(C(=O)N2CCN3C(=O)NCC3C2)cc1O. The lowest BCUT2D eigenvalue weighted by atomic mass is 10.1. The molecule has 2 N–H and O–H groups in total. The summed E-state index contributed by atoms with van der Waals surface area (Å²) in [5.41, 5.74) is 1.23. The van der Waals surface area contributed by atoms with Gasteiger partial charge in [-0.1, -0.05) is 6.07 Å². The highest BCUT2D eigenvalue weighted by atomic mass is 16.3. The molecule has 20 heavy (non-hydrogen) atoms. The van der Waals surface area contributed by atoms with Crippen molar-refractivity contribution in [1.29, 1.82) is 0 Å². The Balaban J connectivity index is 1.75. The van der Waals surface area contributed by atoms with E-state index in [1.165, 1.54) is 6.07 Å². The monoisotopic (exact) mass is 275 g/mol. The molecule has 1 aromatic carbocycles. The zero-order chi connectivity index (χ0) is 14.3. The first-order chi connectivity index (χ1) is 9.56. The van der Waals surface area contributed by atoms with Gasteiger partial charge in [-0.3, -0.25) is 4.79 Å². The first-order valence-electron chi connectivity index (χ1n) is 6.69. The van der Waals surface area contributed by atoms with Gasteiger partial charge in [-0.25, -0.2) is 4.79 Å². The van der Waals surface area contributed by atoms with E-state index in [0.717, 1.165) is 5.56 Å². The van der Waals surface area contributed by atoms with E-state index in [1.807, 2.05) is 0 Å². The number of aromatic hydroxyl groups is 1. The number of phenols is 1. The average molecular weight is 275 g/mol. The van der Waals surface area contributed by atoms with E-state index in [1.54, 1.807) is 28.9 Å². The fourth-order valence-corrected chi connectivity index (χ4v) is 2.71. The lowest BCUT2D eigenvalue weighted by Crippen LogP contribution is -2.53. The molecular weight excluding hydrogens is 258 g/mol. The van der Waals surface area contributed by atoms with Crippen molar-refractivity contribution in [2.24, 2.45) is 0 Å². The van der Waals surface area contributed by atoms with E-state index < -0.39 is 0 Å². The van der Waals surface area contributed by atoms with Crippen molar-refractivity contribution >= 4 is 11.9 Å². The Morgan fingerprint density at radius 2 is 2.20 bits per heavy atom. The third-order valence-corrected chi connectivity index (χ3v) is 3.98. The minimum absolute atomic E-state index is 0.0462. The summed E-state index contributed by atoms with van der Waals surface area (Å²) in [6.07, 6.45) is 0. The van der Waals surface area contributed by atoms with Gasteiger partial charge < -0.3 is 20.2 Å². The van der Waals surface area contributed by atoms with Crippen LogP contribution < -0.4 is 5.32 Å². The number of benzene rings is 1. The number of nitrogens with zero attached hydrogens (tertiary/aromatic N) is 2. The minimum Gasteiger partial charge on any atom is -0.508 e. The van der Waals surface area contributed by atoms with Crippen LogP contribution in [0, 0.1) is 6.92 Å². The van der Waals surface area contributed by atoms with Crippen LogP contribution in [0.25, 0.3) is 0 Å². The minimum atomic E-state index is -0.0979. The predicted molar refractivity (Wildman–Crippen MR) is 72.6 cm³/mol. The van der Waals surface area contributed by atoms with Crippen LogP contribution in [0.2, 0.25) is 0 Å². The van der Waals surface area contributed by atoms with Gasteiger partial charge in [-0.05, 0) is 24.6 Å². The topological polar surface area (TPSA) is 72.9 Å². The number of urea groups is 1. The molecule has 3 amide bonds. The molecule has 3 rings (SSSR count). The molecule has 2 saturated heterocycles. The Bertz CT molecular complexity index is 573. The first kappa shape index (κ1) is 12.8. The van der Waals surface area contributed by atoms with Crippen LogP contribution in [-0.2, 0) is 0 Å². The van der Waals surface area contributed by atoms with E-state index >= 15 is 0 Å². The Labute approximate surface area is 117 Å². The van der Waals surface area contributed by atoms with Gasteiger partial charge in [0.1, 0.15) is 5.75 Å². The highest BCUT2D eigenvalue weighted by Crippen LogP contribution is 2.21. The molecular formula is C14H17N3O3. The van der Waals surface area contributed by atoms with Crippen molar-refractivity contribution in [3.8, 4) is 5.75 Å². The van der Waals surface area contributed by atoms with Crippen LogP contribution in [0.3, 0.4) is 0 Å². The van der Waals surface area contributed by atoms with Gasteiger partial charge in [-0.2, -0.15) is 0 Å². The summed E-state index contributed by atoms with van der Waals surface area (Å²) in [7, 11) is 0. The average Bonchev–Trinajstić information content (AvgIpc) is 2.82. The van der Waals surface area contributed by atoms with Crippen LogP contribution >= 0.6 is 0 Å². The molecule has 0 bridgehead atoms. The molecule has 6 heteroatoms. The Hall–Kier alpha value is -2.24. The molecule has 0 saturated carbocycles. The smallest absolute Gasteiger partial charge is 0.317 e. The van der Waals surface area contributed by atoms with Gasteiger partial charge in [-0.15, -0.1) is 0 Å². The summed E-state index contributed by atoms with van der Waals surface area (Å²) < 4.78 is 0. The van der Waals surface area contributed by atoms with Crippen LogP contribution in [0.4, 0.5) is 4.79 Å². The number of rotatable bonds is 1. The van der Waals surface area contributed by atoms with Crippen molar-refractivity contribution < 1.29 is 14.7 Å². The largest absolute Gasteiger partial charge is 0.508 e. The summed E-state index contributed by atoms with van der Waals surface area (Å²) in [5.74, 6) is 0.0338. The molecule has 1 unspecified atom stereocenters. The van der Waals surface area contributed by atoms with Crippen LogP contribution in [0.15, 0.2) is 18.2 Å². The summed E-state index contributed by atoms with van der Waals surface area (Å²) in [5, 5.41) is 12.5. The second kappa shape index (κ2) is 4.70. The molecule has 0 aromatic heterocycles. The molecule has 2 heterocycles. The lowest BCUT2D eigenvalue weighted by Gasteiger charge is -2.36. The maximum absolute atomic E-state index is 12.4. The van der Waals surface area contributed by atoms with Crippen molar-refractivity contribution in [3.63, 3.8) is 0 Å². The summed E-state index contributed by atoms with van der Waals surface area (Å²) in [4.78, 5) is 27.5. The summed E-state index contributed by atoms with van der Waals surface area (Å²) >= 11 is 0. The van der Waals surface area contributed by atoms with Gasteiger partial charge in [0.15, 0.2) is 0 Å². The number of carbonyl (C=O) groups is 2. The Morgan fingerprint density at radius 3 is 2.95 bits per heavy atom. The number of piperazine rings is 1. The zero-order valence-corrected chi connectivity index (χ0v) is 11.3. The van der Waals surface area contributed by atoms with E-state index in [-0.39, 0.29) is 23.7 Å². The summed E-state index contributed by atoms with van der Waals surface area (Å²) in [6.45, 7) is 3.99. The second-order valence-corrected chi connectivity index (χ2v) is 5.29. The number of hydrogen-bond acceptors (Lipinski definition) is 3. The third kappa shape index (κ3) is 2.07. The standard InChI is InChI=1S/C14H17N3O3/c1-9-2-3-10(6-12(9)18)13(19)16-4-5-17-11(8-16)7-15-14(17)20/h2-3,6,11,18H,4-5,7-8H2,1H3,(H,15,20). The van der Waals surface area contributed by atoms with Gasteiger partial charge >= 0.3 is 6.03 Å². The molecule has 2 aliphatic heterocycles. The van der Waals surface area contributed by atoms with E-state index in [0.29, 0.717) is 31.7 Å². The van der Waals surface area contributed by atoms with E-state index in [4.69, 9.17) is 0 Å². The molecule has 1 aromatic rings. The highest BCUT2D eigenvalue weighted by Gasteiger charge is 2.37.